The van der Waals surface area contributed by atoms with Crippen LogP contribution in [0, 0.1) is 5.92 Å². The molecule has 0 spiro atoms. The van der Waals surface area contributed by atoms with Gasteiger partial charge in [0, 0.05) is 11.4 Å². The van der Waals surface area contributed by atoms with Gasteiger partial charge in [-0.25, -0.2) is 9.69 Å². The van der Waals surface area contributed by atoms with Gasteiger partial charge in [-0.1, -0.05) is 36.4 Å². The van der Waals surface area contributed by atoms with Gasteiger partial charge in [0.15, 0.2) is 5.92 Å². The Kier molecular flexibility index (Phi) is 5.21. The monoisotopic (exact) mass is 378 g/mol. The van der Waals surface area contributed by atoms with Crippen molar-refractivity contribution < 1.29 is 24.3 Å². The van der Waals surface area contributed by atoms with Crippen LogP contribution in [0.2, 0.25) is 0 Å². The molecule has 8 nitrogen and oxygen atoms in total. The van der Waals surface area contributed by atoms with Gasteiger partial charge in [-0.2, -0.15) is 0 Å². The maximum atomic E-state index is 13.0. The number of carboxylic acid groups (broad SMARTS) is 1. The fraction of sp³-hybridized carbons (Fsp3) is 0.100. The average molecular weight is 378 g/mol. The number of allylic oxidation sites excluding steroid dienone is 1. The fourth-order valence-corrected chi connectivity index (χ4v) is 2.84. The lowest BCUT2D eigenvalue weighted by Gasteiger charge is -2.31. The van der Waals surface area contributed by atoms with Crippen molar-refractivity contribution in [2.45, 2.75) is 6.92 Å². The van der Waals surface area contributed by atoms with Crippen LogP contribution in [0.25, 0.3) is 0 Å². The zero-order chi connectivity index (χ0) is 20.3. The van der Waals surface area contributed by atoms with E-state index in [1.165, 1.54) is 24.3 Å². The van der Waals surface area contributed by atoms with Gasteiger partial charge in [-0.3, -0.25) is 14.9 Å². The number of amides is 4. The second-order valence-electron chi connectivity index (χ2n) is 5.97. The van der Waals surface area contributed by atoms with E-state index in [0.717, 1.165) is 4.90 Å². The van der Waals surface area contributed by atoms with Gasteiger partial charge >= 0.3 is 6.03 Å². The van der Waals surface area contributed by atoms with Crippen LogP contribution in [0.4, 0.5) is 16.2 Å². The van der Waals surface area contributed by atoms with Crippen molar-refractivity contribution in [1.29, 1.82) is 0 Å². The number of imide groups is 2. The maximum absolute atomic E-state index is 13.0. The van der Waals surface area contributed by atoms with Gasteiger partial charge < -0.3 is 15.2 Å². The molecule has 0 bridgehead atoms. The number of aromatic carboxylic acids is 1. The molecular formula is C20H16N3O5-. The molecule has 3 rings (SSSR count). The predicted molar refractivity (Wildman–Crippen MR) is 99.1 cm³/mol. The zero-order valence-electron chi connectivity index (χ0n) is 14.8. The molecule has 8 heteroatoms. The zero-order valence-corrected chi connectivity index (χ0v) is 14.8. The van der Waals surface area contributed by atoms with Crippen LogP contribution in [0.1, 0.15) is 17.3 Å². The Bertz CT molecular complexity index is 967. The van der Waals surface area contributed by atoms with Crippen molar-refractivity contribution in [3.63, 3.8) is 0 Å². The first kappa shape index (κ1) is 18.8. The molecule has 2 aromatic carbocycles. The number of carbonyl (C=O) groups is 4. The molecule has 4 amide bonds. The first-order valence-electron chi connectivity index (χ1n) is 8.41. The summed E-state index contributed by atoms with van der Waals surface area (Å²) in [5, 5.41) is 16.0. The lowest BCUT2D eigenvalue weighted by Crippen LogP contribution is -2.59. The van der Waals surface area contributed by atoms with Crippen LogP contribution in [0.15, 0.2) is 66.4 Å². The average Bonchev–Trinajstić information content (AvgIpc) is 2.68. The standard InChI is InChI=1S/C20H17N3O5/c1-2-15(21-13-10-8-12(9-11-13)19(26)27)16-17(24)22-20(28)23(18(16)25)14-6-4-3-5-7-14/h2-11,16,21H,1H3,(H,26,27)(H,22,24,28)/p-1/b15-2+/t16-/m0/s1. The normalized spacial score (nSPS) is 17.3. The number of benzene rings is 2. The minimum atomic E-state index is -1.31. The summed E-state index contributed by atoms with van der Waals surface area (Å²) in [7, 11) is 0. The van der Waals surface area contributed by atoms with Crippen molar-refractivity contribution in [2.24, 2.45) is 5.92 Å². The van der Waals surface area contributed by atoms with Crippen LogP contribution >= 0.6 is 0 Å². The highest BCUT2D eigenvalue weighted by atomic mass is 16.4. The summed E-state index contributed by atoms with van der Waals surface area (Å²) in [6.07, 6.45) is 1.55. The summed E-state index contributed by atoms with van der Waals surface area (Å²) in [5.41, 5.74) is 1.08. The van der Waals surface area contributed by atoms with Crippen LogP contribution in [-0.2, 0) is 9.59 Å². The van der Waals surface area contributed by atoms with Crippen LogP contribution < -0.4 is 20.6 Å². The Morgan fingerprint density at radius 2 is 1.71 bits per heavy atom. The lowest BCUT2D eigenvalue weighted by molar-refractivity contribution is -0.255. The van der Waals surface area contributed by atoms with Gasteiger partial charge in [0.05, 0.1) is 11.7 Å². The molecule has 0 radical (unpaired) electrons. The number of rotatable bonds is 5. The van der Waals surface area contributed by atoms with Gasteiger partial charge in [-0.05, 0) is 36.8 Å². The van der Waals surface area contributed by atoms with E-state index in [4.69, 9.17) is 0 Å². The lowest BCUT2D eigenvalue weighted by atomic mass is 9.99. The third kappa shape index (κ3) is 3.61. The molecule has 0 aliphatic carbocycles. The largest absolute Gasteiger partial charge is 0.545 e. The van der Waals surface area contributed by atoms with E-state index in [2.05, 4.69) is 10.6 Å². The number of nitrogens with one attached hydrogen (secondary N) is 2. The Hall–Kier alpha value is -3.94. The Balaban J connectivity index is 1.88. The van der Waals surface area contributed by atoms with E-state index in [-0.39, 0.29) is 11.3 Å². The molecular weight excluding hydrogens is 362 g/mol. The molecule has 0 aromatic heterocycles. The third-order valence-corrected chi connectivity index (χ3v) is 4.21. The van der Waals surface area contributed by atoms with Crippen LogP contribution in [0.3, 0.4) is 0 Å². The van der Waals surface area contributed by atoms with Crippen molar-refractivity contribution in [2.75, 3.05) is 10.2 Å². The van der Waals surface area contributed by atoms with Gasteiger partial charge in [-0.15, -0.1) is 0 Å². The second kappa shape index (κ2) is 7.75. The summed E-state index contributed by atoms with van der Waals surface area (Å²) in [4.78, 5) is 49.3. The highest BCUT2D eigenvalue weighted by molar-refractivity contribution is 6.29. The Labute approximate surface area is 160 Å². The van der Waals surface area contributed by atoms with E-state index in [0.29, 0.717) is 11.4 Å². The number of nitrogens with zero attached hydrogens (tertiary/aromatic N) is 1. The molecule has 0 unspecified atom stereocenters. The predicted octanol–water partition coefficient (Wildman–Crippen LogP) is 1.27. The molecule has 2 N–H and O–H groups in total. The number of anilines is 2. The number of urea groups is 1. The number of carboxylic acids is 1. The summed E-state index contributed by atoms with van der Waals surface area (Å²) in [5.74, 6) is -4.00. The molecule has 2 aromatic rings. The SMILES string of the molecule is C/C=C(/Nc1ccc(C(=O)[O-])cc1)[C@H]1C(=O)NC(=O)N(c2ccccc2)C1=O. The minimum absolute atomic E-state index is 0.0000803. The topological polar surface area (TPSA) is 119 Å². The first-order chi connectivity index (χ1) is 13.4. The molecule has 28 heavy (non-hydrogen) atoms. The van der Waals surface area contributed by atoms with Gasteiger partial charge in [0.2, 0.25) is 5.91 Å². The van der Waals surface area contributed by atoms with Crippen molar-refractivity contribution in [3.8, 4) is 0 Å². The smallest absolute Gasteiger partial charge is 0.335 e. The fourth-order valence-electron chi connectivity index (χ4n) is 2.84. The number of hydrogen-bond acceptors (Lipinski definition) is 6. The maximum Gasteiger partial charge on any atom is 0.335 e. The molecule has 142 valence electrons. The Morgan fingerprint density at radius 3 is 2.29 bits per heavy atom. The Morgan fingerprint density at radius 1 is 1.07 bits per heavy atom. The summed E-state index contributed by atoms with van der Waals surface area (Å²) in [6, 6.07) is 13.1. The van der Waals surface area contributed by atoms with Crippen molar-refractivity contribution in [3.05, 3.63) is 71.9 Å². The summed E-state index contributed by atoms with van der Waals surface area (Å²) >= 11 is 0. The quantitative estimate of drug-likeness (QED) is 0.756. The summed E-state index contributed by atoms with van der Waals surface area (Å²) < 4.78 is 0. The van der Waals surface area contributed by atoms with Crippen molar-refractivity contribution >= 4 is 35.2 Å². The van der Waals surface area contributed by atoms with Gasteiger partial charge in [0.25, 0.3) is 5.91 Å². The molecule has 1 heterocycles. The van der Waals surface area contributed by atoms with E-state index < -0.39 is 29.7 Å². The second-order valence-corrected chi connectivity index (χ2v) is 5.97. The number of barbiturate groups is 1. The van der Waals surface area contributed by atoms with Crippen LogP contribution in [0.5, 0.6) is 0 Å². The van der Waals surface area contributed by atoms with Crippen LogP contribution in [-0.4, -0.2) is 23.8 Å². The third-order valence-electron chi connectivity index (χ3n) is 4.21. The summed E-state index contributed by atoms with van der Waals surface area (Å²) in [6.45, 7) is 1.64. The number of para-hydroxylation sites is 1. The number of hydrogen-bond donors (Lipinski definition) is 2. The van der Waals surface area contributed by atoms with E-state index in [1.807, 2.05) is 0 Å². The van der Waals surface area contributed by atoms with E-state index in [1.54, 1.807) is 43.3 Å². The minimum Gasteiger partial charge on any atom is -0.545 e. The van der Waals surface area contributed by atoms with Gasteiger partial charge in [0.1, 0.15) is 0 Å². The molecule has 0 saturated carbocycles. The highest BCUT2D eigenvalue weighted by Crippen LogP contribution is 2.25. The number of carbonyl (C=O) groups excluding carboxylic acids is 4. The highest BCUT2D eigenvalue weighted by Gasteiger charge is 2.43. The molecule has 1 fully saturated rings. The van der Waals surface area contributed by atoms with E-state index in [9.17, 15) is 24.3 Å². The molecule has 1 aliphatic heterocycles. The van der Waals surface area contributed by atoms with E-state index >= 15 is 0 Å². The molecule has 1 aliphatic rings. The first-order valence-corrected chi connectivity index (χ1v) is 8.41. The molecule has 1 saturated heterocycles. The molecule has 1 atom stereocenters. The van der Waals surface area contributed by atoms with Crippen molar-refractivity contribution in [1.82, 2.24) is 5.32 Å².